The molecule has 0 amide bonds. The zero-order valence-electron chi connectivity index (χ0n) is 22.1. The molecule has 4 N–H and O–H groups in total. The number of hydroxylamine groups is 1. The minimum Gasteiger partial charge on any atom is -0.404 e. The molecule has 0 saturated carbocycles. The van der Waals surface area contributed by atoms with Crippen LogP contribution >= 0.6 is 11.3 Å². The average Bonchev–Trinajstić information content (AvgIpc) is 3.69. The predicted octanol–water partition coefficient (Wildman–Crippen LogP) is 2.93. The van der Waals surface area contributed by atoms with Crippen LogP contribution in [-0.2, 0) is 9.57 Å². The molecule has 11 nitrogen and oxygen atoms in total. The van der Waals surface area contributed by atoms with Crippen LogP contribution in [0.2, 0.25) is 0 Å². The van der Waals surface area contributed by atoms with E-state index >= 15 is 0 Å². The third-order valence-electron chi connectivity index (χ3n) is 7.02. The standard InChI is InChI=1S/C27H23F3N8O3S/c1-11-35-27(38(37-11)16-3-14(7-31)22-20(6-16)42-12(2)36-22)26-24(39)23(25-19(40-26)10-34-41-25)33-9-15(8-32)13-4-17(28)21(30)18(29)5-13/h3-6,8-9,19,23-26,34,39H,10,32H2,1-2H3. The van der Waals surface area contributed by atoms with Crippen molar-refractivity contribution in [3.8, 4) is 11.8 Å². The molecule has 5 unspecified atom stereocenters. The minimum absolute atomic E-state index is 0.0462. The van der Waals surface area contributed by atoms with Crippen LogP contribution in [-0.4, -0.2) is 62.0 Å². The first-order valence-corrected chi connectivity index (χ1v) is 13.6. The smallest absolute Gasteiger partial charge is 0.194 e. The highest BCUT2D eigenvalue weighted by Crippen LogP contribution is 2.37. The lowest BCUT2D eigenvalue weighted by Crippen LogP contribution is -2.52. The molecule has 2 saturated heterocycles. The van der Waals surface area contributed by atoms with E-state index in [1.165, 1.54) is 22.2 Å². The molecule has 4 aromatic rings. The molecular weight excluding hydrogens is 573 g/mol. The Hall–Kier alpha value is -4.20. The van der Waals surface area contributed by atoms with Crippen molar-refractivity contribution >= 4 is 33.3 Å². The van der Waals surface area contributed by atoms with Crippen molar-refractivity contribution in [2.75, 3.05) is 6.54 Å². The number of halogens is 3. The fourth-order valence-electron chi connectivity index (χ4n) is 5.10. The van der Waals surface area contributed by atoms with E-state index in [-0.39, 0.29) is 23.5 Å². The number of nitrogens with one attached hydrogen (secondary N) is 1. The quantitative estimate of drug-likeness (QED) is 0.233. The SMILES string of the molecule is Cc1nc(C2OC3CNOC3C(N=CC(=CN)c3cc(F)c(F)c(F)c3)C2O)n(-c2cc(C#N)c3nc(C)sc3c2)n1. The molecule has 6 rings (SSSR count). The summed E-state index contributed by atoms with van der Waals surface area (Å²) in [4.78, 5) is 19.1. The van der Waals surface area contributed by atoms with Crippen LogP contribution < -0.4 is 11.2 Å². The topological polar surface area (TPSA) is 156 Å². The van der Waals surface area contributed by atoms with E-state index in [1.807, 2.05) is 13.0 Å². The molecule has 216 valence electrons. The van der Waals surface area contributed by atoms with E-state index in [0.717, 1.165) is 28.0 Å². The molecule has 0 spiro atoms. The van der Waals surface area contributed by atoms with Gasteiger partial charge in [-0.15, -0.1) is 11.3 Å². The normalized spacial score (nSPS) is 24.4. The number of ether oxygens (including phenoxy) is 1. The summed E-state index contributed by atoms with van der Waals surface area (Å²) in [5, 5.41) is 26.6. The summed E-state index contributed by atoms with van der Waals surface area (Å²) in [5.74, 6) is -3.70. The number of nitriles is 1. The fourth-order valence-corrected chi connectivity index (χ4v) is 5.99. The number of thiazole rings is 1. The largest absolute Gasteiger partial charge is 0.404 e. The molecule has 5 atom stereocenters. The van der Waals surface area contributed by atoms with Gasteiger partial charge in [0.1, 0.15) is 42.4 Å². The van der Waals surface area contributed by atoms with E-state index in [4.69, 9.17) is 15.3 Å². The number of hydrogen-bond donors (Lipinski definition) is 3. The van der Waals surface area contributed by atoms with Gasteiger partial charge in [-0.1, -0.05) is 0 Å². The van der Waals surface area contributed by atoms with Gasteiger partial charge in [0.2, 0.25) is 0 Å². The number of hydrogen-bond acceptors (Lipinski definition) is 11. The second-order valence-corrected chi connectivity index (χ2v) is 11.0. The zero-order chi connectivity index (χ0) is 29.7. The highest BCUT2D eigenvalue weighted by Gasteiger charge is 2.50. The minimum atomic E-state index is -1.60. The highest BCUT2D eigenvalue weighted by atomic mass is 32.1. The van der Waals surface area contributed by atoms with Gasteiger partial charge in [0, 0.05) is 18.0 Å². The van der Waals surface area contributed by atoms with Gasteiger partial charge < -0.3 is 15.6 Å². The predicted molar refractivity (Wildman–Crippen MR) is 146 cm³/mol. The Morgan fingerprint density at radius 2 is 2.00 bits per heavy atom. The van der Waals surface area contributed by atoms with Crippen LogP contribution in [0, 0.1) is 42.6 Å². The number of benzene rings is 2. The van der Waals surface area contributed by atoms with Gasteiger partial charge in [0.15, 0.2) is 23.3 Å². The molecule has 2 aliphatic rings. The first-order valence-electron chi connectivity index (χ1n) is 12.8. The van der Waals surface area contributed by atoms with E-state index in [1.54, 1.807) is 13.0 Å². The van der Waals surface area contributed by atoms with E-state index < -0.39 is 47.9 Å². The maximum atomic E-state index is 13.9. The maximum absolute atomic E-state index is 13.9. The summed E-state index contributed by atoms with van der Waals surface area (Å²) in [5.41, 5.74) is 9.98. The van der Waals surface area contributed by atoms with Crippen molar-refractivity contribution in [1.29, 1.82) is 5.26 Å². The summed E-state index contributed by atoms with van der Waals surface area (Å²) < 4.78 is 49.8. The van der Waals surface area contributed by atoms with Crippen LogP contribution in [0.25, 0.3) is 21.5 Å². The van der Waals surface area contributed by atoms with Crippen LogP contribution in [0.4, 0.5) is 13.2 Å². The molecule has 0 bridgehead atoms. The van der Waals surface area contributed by atoms with Crippen molar-refractivity contribution in [3.05, 3.63) is 75.7 Å². The van der Waals surface area contributed by atoms with Crippen molar-refractivity contribution in [2.45, 2.75) is 44.3 Å². The summed E-state index contributed by atoms with van der Waals surface area (Å²) in [6.45, 7) is 3.82. The summed E-state index contributed by atoms with van der Waals surface area (Å²) >= 11 is 1.43. The average molecular weight is 597 g/mol. The molecule has 0 radical (unpaired) electrons. The van der Waals surface area contributed by atoms with Crippen LogP contribution in [0.3, 0.4) is 0 Å². The molecule has 2 aliphatic heterocycles. The number of nitrogens with two attached hydrogens (primary N) is 1. The summed E-state index contributed by atoms with van der Waals surface area (Å²) in [6, 6.07) is 6.31. The number of aryl methyl sites for hydroxylation is 2. The van der Waals surface area contributed by atoms with Gasteiger partial charge in [-0.3, -0.25) is 9.83 Å². The lowest BCUT2D eigenvalue weighted by Gasteiger charge is -2.38. The number of rotatable bonds is 5. The Balaban J connectivity index is 1.37. The number of aliphatic hydroxyl groups is 1. The molecule has 4 heterocycles. The third kappa shape index (κ3) is 4.82. The molecule has 2 aromatic carbocycles. The van der Waals surface area contributed by atoms with E-state index in [2.05, 4.69) is 31.6 Å². The highest BCUT2D eigenvalue weighted by molar-refractivity contribution is 7.18. The lowest BCUT2D eigenvalue weighted by molar-refractivity contribution is -0.169. The monoisotopic (exact) mass is 596 g/mol. The van der Waals surface area contributed by atoms with Gasteiger partial charge in [0.05, 0.1) is 33.0 Å². The maximum Gasteiger partial charge on any atom is 0.194 e. The third-order valence-corrected chi connectivity index (χ3v) is 7.93. The Morgan fingerprint density at radius 3 is 2.71 bits per heavy atom. The fraction of sp³-hybridized carbons (Fsp3) is 0.296. The van der Waals surface area contributed by atoms with Crippen molar-refractivity contribution < 1.29 is 27.9 Å². The summed E-state index contributed by atoms with van der Waals surface area (Å²) in [6.07, 6.45) is -1.35. The number of aliphatic hydroxyl groups excluding tert-OH is 1. The first-order chi connectivity index (χ1) is 20.2. The number of nitrogens with zero attached hydrogens (tertiary/aromatic N) is 6. The van der Waals surface area contributed by atoms with Crippen LogP contribution in [0.1, 0.15) is 33.9 Å². The number of aliphatic imine (C=N–C) groups is 1. The molecule has 2 fully saturated rings. The Kier molecular flexibility index (Phi) is 7.25. The molecule has 42 heavy (non-hydrogen) atoms. The Bertz CT molecular complexity index is 1780. The van der Waals surface area contributed by atoms with Crippen molar-refractivity contribution in [1.82, 2.24) is 25.2 Å². The van der Waals surface area contributed by atoms with Crippen molar-refractivity contribution in [2.24, 2.45) is 10.7 Å². The Morgan fingerprint density at radius 1 is 1.24 bits per heavy atom. The van der Waals surface area contributed by atoms with Gasteiger partial charge in [-0.05, 0) is 43.7 Å². The van der Waals surface area contributed by atoms with Gasteiger partial charge in [-0.25, -0.2) is 27.8 Å². The van der Waals surface area contributed by atoms with Crippen LogP contribution in [0.5, 0.6) is 0 Å². The van der Waals surface area contributed by atoms with Crippen molar-refractivity contribution in [3.63, 3.8) is 0 Å². The zero-order valence-corrected chi connectivity index (χ0v) is 22.9. The second kappa shape index (κ2) is 10.9. The van der Waals surface area contributed by atoms with Crippen LogP contribution in [0.15, 0.2) is 35.5 Å². The van der Waals surface area contributed by atoms with Gasteiger partial charge in [-0.2, -0.15) is 15.8 Å². The van der Waals surface area contributed by atoms with Gasteiger partial charge >= 0.3 is 0 Å². The van der Waals surface area contributed by atoms with E-state index in [9.17, 15) is 23.5 Å². The number of allylic oxidation sites excluding steroid dienone is 1. The second-order valence-electron chi connectivity index (χ2n) is 9.78. The molecule has 15 heteroatoms. The first kappa shape index (κ1) is 27.9. The Labute approximate surface area is 240 Å². The molecular formula is C27H23F3N8O3S. The van der Waals surface area contributed by atoms with E-state index in [0.29, 0.717) is 22.6 Å². The number of aromatic nitrogens is 4. The van der Waals surface area contributed by atoms with Gasteiger partial charge in [0.25, 0.3) is 0 Å². The lowest BCUT2D eigenvalue weighted by atomic mass is 9.92. The molecule has 0 aliphatic carbocycles. The molecule has 2 aromatic heterocycles. The summed E-state index contributed by atoms with van der Waals surface area (Å²) in [7, 11) is 0. The number of fused-ring (bicyclic) bond motifs is 2.